The molecule has 0 aromatic rings. The molecule has 2 aliphatic rings. The quantitative estimate of drug-likeness (QED) is 0.694. The van der Waals surface area contributed by atoms with Crippen molar-refractivity contribution in [1.29, 1.82) is 0 Å². The van der Waals surface area contributed by atoms with Crippen LogP contribution >= 0.6 is 0 Å². The first-order valence-electron chi connectivity index (χ1n) is 5.90. The van der Waals surface area contributed by atoms with Crippen LogP contribution in [0.15, 0.2) is 0 Å². The van der Waals surface area contributed by atoms with E-state index >= 15 is 0 Å². The van der Waals surface area contributed by atoms with Gasteiger partial charge in [-0.1, -0.05) is 6.42 Å². The normalized spacial score (nSPS) is 28.7. The SMILES string of the molecule is CN1CCC(CN)(NC2CCC2)CC1. The summed E-state index contributed by atoms with van der Waals surface area (Å²) >= 11 is 0. The Bertz CT molecular complexity index is 181. The maximum atomic E-state index is 5.93. The van der Waals surface area contributed by atoms with Crippen LogP contribution in [0, 0.1) is 0 Å². The van der Waals surface area contributed by atoms with E-state index in [0.717, 1.165) is 12.6 Å². The lowest BCUT2D eigenvalue weighted by Gasteiger charge is -2.45. The molecule has 1 saturated carbocycles. The topological polar surface area (TPSA) is 41.3 Å². The summed E-state index contributed by atoms with van der Waals surface area (Å²) < 4.78 is 0. The van der Waals surface area contributed by atoms with Crippen LogP contribution in [0.2, 0.25) is 0 Å². The summed E-state index contributed by atoms with van der Waals surface area (Å²) in [5.41, 5.74) is 6.19. The van der Waals surface area contributed by atoms with Crippen molar-refractivity contribution in [2.75, 3.05) is 26.7 Å². The van der Waals surface area contributed by atoms with Gasteiger partial charge in [0.15, 0.2) is 0 Å². The molecule has 3 heteroatoms. The molecule has 3 N–H and O–H groups in total. The van der Waals surface area contributed by atoms with Gasteiger partial charge in [-0.05, 0) is 45.8 Å². The molecule has 0 aromatic heterocycles. The fourth-order valence-electron chi connectivity index (χ4n) is 2.44. The number of likely N-dealkylation sites (tertiary alicyclic amines) is 1. The summed E-state index contributed by atoms with van der Waals surface area (Å²) in [4.78, 5) is 2.40. The lowest BCUT2D eigenvalue weighted by atomic mass is 9.83. The van der Waals surface area contributed by atoms with Crippen molar-refractivity contribution in [3.63, 3.8) is 0 Å². The van der Waals surface area contributed by atoms with Gasteiger partial charge in [-0.2, -0.15) is 0 Å². The minimum Gasteiger partial charge on any atom is -0.329 e. The second kappa shape index (κ2) is 4.17. The van der Waals surface area contributed by atoms with E-state index in [2.05, 4.69) is 17.3 Å². The standard InChI is InChI=1S/C11H23N3/c1-14-7-5-11(9-12,6-8-14)13-10-3-2-4-10/h10,13H,2-9,12H2,1H3. The lowest BCUT2D eigenvalue weighted by molar-refractivity contribution is 0.131. The number of hydrogen-bond acceptors (Lipinski definition) is 3. The highest BCUT2D eigenvalue weighted by Crippen LogP contribution is 2.26. The molecule has 1 heterocycles. The van der Waals surface area contributed by atoms with E-state index in [1.807, 2.05) is 0 Å². The Labute approximate surface area is 87.0 Å². The smallest absolute Gasteiger partial charge is 0.0330 e. The van der Waals surface area contributed by atoms with Crippen molar-refractivity contribution in [2.45, 2.75) is 43.7 Å². The van der Waals surface area contributed by atoms with E-state index < -0.39 is 0 Å². The molecule has 82 valence electrons. The van der Waals surface area contributed by atoms with Crippen LogP contribution in [0.4, 0.5) is 0 Å². The van der Waals surface area contributed by atoms with Crippen LogP contribution in [-0.4, -0.2) is 43.2 Å². The number of rotatable bonds is 3. The Hall–Kier alpha value is -0.120. The van der Waals surface area contributed by atoms with Crippen molar-refractivity contribution in [3.05, 3.63) is 0 Å². The van der Waals surface area contributed by atoms with Crippen LogP contribution in [0.5, 0.6) is 0 Å². The van der Waals surface area contributed by atoms with Crippen LogP contribution in [0.25, 0.3) is 0 Å². The summed E-state index contributed by atoms with van der Waals surface area (Å²) in [7, 11) is 2.20. The highest BCUT2D eigenvalue weighted by molar-refractivity contribution is 4.97. The third kappa shape index (κ3) is 2.10. The van der Waals surface area contributed by atoms with E-state index in [9.17, 15) is 0 Å². The van der Waals surface area contributed by atoms with Gasteiger partial charge in [-0.25, -0.2) is 0 Å². The first-order valence-corrected chi connectivity index (χ1v) is 5.90. The molecule has 1 aliphatic heterocycles. The monoisotopic (exact) mass is 197 g/mol. The summed E-state index contributed by atoms with van der Waals surface area (Å²) in [6.45, 7) is 3.19. The predicted molar refractivity (Wildman–Crippen MR) is 59.3 cm³/mol. The van der Waals surface area contributed by atoms with E-state index in [4.69, 9.17) is 5.73 Å². The molecule has 1 saturated heterocycles. The van der Waals surface area contributed by atoms with E-state index in [0.29, 0.717) is 0 Å². The van der Waals surface area contributed by atoms with Crippen LogP contribution in [-0.2, 0) is 0 Å². The third-order valence-corrected chi connectivity index (χ3v) is 3.95. The Kier molecular flexibility index (Phi) is 3.10. The molecular weight excluding hydrogens is 174 g/mol. The largest absolute Gasteiger partial charge is 0.329 e. The number of hydrogen-bond donors (Lipinski definition) is 2. The summed E-state index contributed by atoms with van der Waals surface area (Å²) in [6.07, 6.45) is 6.56. The van der Waals surface area contributed by atoms with Gasteiger partial charge in [0, 0.05) is 18.1 Å². The number of nitrogens with one attached hydrogen (secondary N) is 1. The van der Waals surface area contributed by atoms with Crippen LogP contribution in [0.3, 0.4) is 0 Å². The molecule has 0 bridgehead atoms. The Balaban J connectivity index is 1.88. The van der Waals surface area contributed by atoms with Gasteiger partial charge in [0.2, 0.25) is 0 Å². The van der Waals surface area contributed by atoms with Gasteiger partial charge < -0.3 is 16.0 Å². The van der Waals surface area contributed by atoms with Gasteiger partial charge in [0.1, 0.15) is 0 Å². The summed E-state index contributed by atoms with van der Waals surface area (Å²) in [6, 6.07) is 0.766. The van der Waals surface area contributed by atoms with Gasteiger partial charge in [-0.15, -0.1) is 0 Å². The second-order valence-corrected chi connectivity index (χ2v) is 5.06. The molecule has 2 rings (SSSR count). The van der Waals surface area contributed by atoms with E-state index in [1.54, 1.807) is 0 Å². The molecular formula is C11H23N3. The molecule has 0 atom stereocenters. The van der Waals surface area contributed by atoms with E-state index in [-0.39, 0.29) is 5.54 Å². The van der Waals surface area contributed by atoms with Crippen molar-refractivity contribution in [1.82, 2.24) is 10.2 Å². The molecule has 1 aliphatic carbocycles. The predicted octanol–water partition coefficient (Wildman–Crippen LogP) is 0.552. The van der Waals surface area contributed by atoms with Crippen LogP contribution < -0.4 is 11.1 Å². The lowest BCUT2D eigenvalue weighted by Crippen LogP contribution is -2.61. The Morgan fingerprint density at radius 3 is 2.43 bits per heavy atom. The van der Waals surface area contributed by atoms with Crippen molar-refractivity contribution in [3.8, 4) is 0 Å². The van der Waals surface area contributed by atoms with Gasteiger partial charge >= 0.3 is 0 Å². The fraction of sp³-hybridized carbons (Fsp3) is 1.00. The highest BCUT2D eigenvalue weighted by atomic mass is 15.1. The Morgan fingerprint density at radius 2 is 2.00 bits per heavy atom. The second-order valence-electron chi connectivity index (χ2n) is 5.06. The molecule has 3 nitrogen and oxygen atoms in total. The number of piperidine rings is 1. The first-order chi connectivity index (χ1) is 6.74. The molecule has 0 amide bonds. The molecule has 14 heavy (non-hydrogen) atoms. The summed E-state index contributed by atoms with van der Waals surface area (Å²) in [5, 5.41) is 3.79. The summed E-state index contributed by atoms with van der Waals surface area (Å²) in [5.74, 6) is 0. The van der Waals surface area contributed by atoms with Crippen molar-refractivity contribution >= 4 is 0 Å². The van der Waals surface area contributed by atoms with E-state index in [1.165, 1.54) is 45.2 Å². The maximum Gasteiger partial charge on any atom is 0.0330 e. The minimum absolute atomic E-state index is 0.262. The number of nitrogens with two attached hydrogens (primary N) is 1. The zero-order chi connectivity index (χ0) is 10.0. The Morgan fingerprint density at radius 1 is 1.36 bits per heavy atom. The molecule has 0 spiro atoms. The first kappa shape index (κ1) is 10.4. The zero-order valence-corrected chi connectivity index (χ0v) is 9.26. The fourth-order valence-corrected chi connectivity index (χ4v) is 2.44. The van der Waals surface area contributed by atoms with Crippen molar-refractivity contribution in [2.24, 2.45) is 5.73 Å². The average molecular weight is 197 g/mol. The zero-order valence-electron chi connectivity index (χ0n) is 9.26. The van der Waals surface area contributed by atoms with Crippen molar-refractivity contribution < 1.29 is 0 Å². The number of nitrogens with zero attached hydrogens (tertiary/aromatic N) is 1. The van der Waals surface area contributed by atoms with Gasteiger partial charge in [0.05, 0.1) is 0 Å². The third-order valence-electron chi connectivity index (χ3n) is 3.95. The molecule has 2 fully saturated rings. The highest BCUT2D eigenvalue weighted by Gasteiger charge is 2.35. The molecule has 0 unspecified atom stereocenters. The maximum absolute atomic E-state index is 5.93. The average Bonchev–Trinajstić information content (AvgIpc) is 2.15. The molecule has 0 aromatic carbocycles. The van der Waals surface area contributed by atoms with Gasteiger partial charge in [0.25, 0.3) is 0 Å². The van der Waals surface area contributed by atoms with Gasteiger partial charge in [-0.3, -0.25) is 0 Å². The van der Waals surface area contributed by atoms with Crippen LogP contribution in [0.1, 0.15) is 32.1 Å². The minimum atomic E-state index is 0.262. The molecule has 0 radical (unpaired) electrons.